The van der Waals surface area contributed by atoms with Crippen LogP contribution in [0.5, 0.6) is 0 Å². The van der Waals surface area contributed by atoms with Crippen LogP contribution in [0.1, 0.15) is 29.4 Å². The molecule has 1 aromatic carbocycles. The number of amides is 1. The molecule has 1 aromatic heterocycles. The van der Waals surface area contributed by atoms with Crippen LogP contribution in [0, 0.1) is 0 Å². The molecule has 1 amide bonds. The number of carbonyl (C=O) groups is 2. The first kappa shape index (κ1) is 19.5. The van der Waals surface area contributed by atoms with E-state index < -0.39 is 34.4 Å². The van der Waals surface area contributed by atoms with Crippen molar-refractivity contribution in [1.29, 1.82) is 0 Å². The van der Waals surface area contributed by atoms with Gasteiger partial charge in [-0.25, -0.2) is 18.2 Å². The minimum Gasteiger partial charge on any atom is -0.451 e. The van der Waals surface area contributed by atoms with Gasteiger partial charge in [0, 0.05) is 17.0 Å². The Balaban J connectivity index is 1.52. The first-order chi connectivity index (χ1) is 12.9. The standard InChI is InChI=1S/C18H20N2O5S2/c1-2-12-3-5-13(6-4-12)17-20-15(10-26-17)18(22)25-9-16(21)19-14-7-8-27(23,24)11-14/h3-6,10,14H,2,7-9,11H2,1H3,(H,19,21)/t14-/m0/s1. The number of nitrogens with zero attached hydrogens (tertiary/aromatic N) is 1. The van der Waals surface area contributed by atoms with E-state index in [1.54, 1.807) is 5.38 Å². The van der Waals surface area contributed by atoms with Crippen LogP contribution in [0.2, 0.25) is 0 Å². The molecule has 0 unspecified atom stereocenters. The van der Waals surface area contributed by atoms with Crippen LogP contribution in [0.4, 0.5) is 0 Å². The van der Waals surface area contributed by atoms with Gasteiger partial charge in [-0.2, -0.15) is 0 Å². The average molecular weight is 409 g/mol. The molecule has 27 heavy (non-hydrogen) atoms. The quantitative estimate of drug-likeness (QED) is 0.732. The number of sulfone groups is 1. The Morgan fingerprint density at radius 1 is 1.30 bits per heavy atom. The number of carbonyl (C=O) groups excluding carboxylic acids is 2. The molecule has 9 heteroatoms. The first-order valence-corrected chi connectivity index (χ1v) is 11.3. The maximum Gasteiger partial charge on any atom is 0.358 e. The van der Waals surface area contributed by atoms with E-state index in [-0.39, 0.29) is 17.2 Å². The molecule has 3 rings (SSSR count). The summed E-state index contributed by atoms with van der Waals surface area (Å²) in [6.45, 7) is 1.61. The molecule has 1 aliphatic heterocycles. The molecule has 7 nitrogen and oxygen atoms in total. The minimum atomic E-state index is -3.07. The van der Waals surface area contributed by atoms with Crippen molar-refractivity contribution in [3.05, 3.63) is 40.9 Å². The molecule has 144 valence electrons. The molecule has 0 spiro atoms. The number of esters is 1. The second kappa shape index (κ2) is 8.18. The van der Waals surface area contributed by atoms with Crippen molar-refractivity contribution in [2.75, 3.05) is 18.1 Å². The molecule has 0 bridgehead atoms. The van der Waals surface area contributed by atoms with Crippen molar-refractivity contribution in [3.8, 4) is 10.6 Å². The van der Waals surface area contributed by atoms with Gasteiger partial charge in [-0.3, -0.25) is 4.79 Å². The summed E-state index contributed by atoms with van der Waals surface area (Å²) in [5, 5.41) is 4.86. The van der Waals surface area contributed by atoms with Crippen molar-refractivity contribution in [3.63, 3.8) is 0 Å². The van der Waals surface area contributed by atoms with E-state index in [0.29, 0.717) is 11.4 Å². The largest absolute Gasteiger partial charge is 0.451 e. The van der Waals surface area contributed by atoms with Crippen molar-refractivity contribution < 1.29 is 22.7 Å². The average Bonchev–Trinajstić information content (AvgIpc) is 3.26. The third kappa shape index (κ3) is 5.14. The highest BCUT2D eigenvalue weighted by Gasteiger charge is 2.29. The molecule has 0 aliphatic carbocycles. The molecule has 1 aliphatic rings. The molecular weight excluding hydrogens is 388 g/mol. The van der Waals surface area contributed by atoms with Crippen LogP contribution in [-0.2, 0) is 25.8 Å². The molecule has 2 heterocycles. The molecule has 1 atom stereocenters. The molecule has 1 fully saturated rings. The van der Waals surface area contributed by atoms with Crippen LogP contribution < -0.4 is 5.32 Å². The Hall–Kier alpha value is -2.26. The minimum absolute atomic E-state index is 0.0680. The van der Waals surface area contributed by atoms with Crippen LogP contribution >= 0.6 is 11.3 Å². The Kier molecular flexibility index (Phi) is 5.91. The van der Waals surface area contributed by atoms with E-state index in [0.717, 1.165) is 12.0 Å². The number of hydrogen-bond donors (Lipinski definition) is 1. The van der Waals surface area contributed by atoms with Gasteiger partial charge >= 0.3 is 5.97 Å². The van der Waals surface area contributed by atoms with E-state index in [9.17, 15) is 18.0 Å². The normalized spacial score (nSPS) is 18.2. The third-order valence-corrected chi connectivity index (χ3v) is 6.91. The van der Waals surface area contributed by atoms with Gasteiger partial charge in [0.1, 0.15) is 5.01 Å². The van der Waals surface area contributed by atoms with Crippen LogP contribution in [0.25, 0.3) is 10.6 Å². The highest BCUT2D eigenvalue weighted by molar-refractivity contribution is 7.91. The maximum absolute atomic E-state index is 12.1. The van der Waals surface area contributed by atoms with Gasteiger partial charge in [0.25, 0.3) is 5.91 Å². The van der Waals surface area contributed by atoms with Gasteiger partial charge in [0.2, 0.25) is 0 Å². The fourth-order valence-corrected chi connectivity index (χ4v) is 5.24. The Morgan fingerprint density at radius 3 is 2.67 bits per heavy atom. The van der Waals surface area contributed by atoms with Gasteiger partial charge in [-0.1, -0.05) is 31.2 Å². The van der Waals surface area contributed by atoms with Crippen molar-refractivity contribution in [1.82, 2.24) is 10.3 Å². The van der Waals surface area contributed by atoms with Crippen molar-refractivity contribution in [2.24, 2.45) is 0 Å². The Labute approximate surface area is 161 Å². The Morgan fingerprint density at radius 2 is 2.04 bits per heavy atom. The summed E-state index contributed by atoms with van der Waals surface area (Å²) in [4.78, 5) is 28.2. The van der Waals surface area contributed by atoms with Crippen molar-refractivity contribution in [2.45, 2.75) is 25.8 Å². The van der Waals surface area contributed by atoms with Crippen LogP contribution in [-0.4, -0.2) is 49.4 Å². The summed E-state index contributed by atoms with van der Waals surface area (Å²) in [6, 6.07) is 7.52. The lowest BCUT2D eigenvalue weighted by Crippen LogP contribution is -2.38. The summed E-state index contributed by atoms with van der Waals surface area (Å²) < 4.78 is 27.8. The fourth-order valence-electron chi connectivity index (χ4n) is 2.77. The number of rotatable bonds is 6. The lowest BCUT2D eigenvalue weighted by atomic mass is 10.1. The van der Waals surface area contributed by atoms with E-state index in [4.69, 9.17) is 4.74 Å². The van der Waals surface area contributed by atoms with Gasteiger partial charge < -0.3 is 10.1 Å². The summed E-state index contributed by atoms with van der Waals surface area (Å²) in [5.41, 5.74) is 2.28. The molecule has 2 aromatic rings. The van der Waals surface area contributed by atoms with E-state index in [2.05, 4.69) is 17.2 Å². The van der Waals surface area contributed by atoms with Crippen molar-refractivity contribution >= 4 is 33.1 Å². The molecule has 0 radical (unpaired) electrons. The highest BCUT2D eigenvalue weighted by atomic mass is 32.2. The number of benzene rings is 1. The summed E-state index contributed by atoms with van der Waals surface area (Å²) in [6.07, 6.45) is 1.33. The zero-order valence-electron chi connectivity index (χ0n) is 14.8. The maximum atomic E-state index is 12.1. The van der Waals surface area contributed by atoms with Crippen LogP contribution in [0.15, 0.2) is 29.6 Å². The first-order valence-electron chi connectivity index (χ1n) is 8.58. The number of aromatic nitrogens is 1. The smallest absolute Gasteiger partial charge is 0.358 e. The van der Waals surface area contributed by atoms with Gasteiger partial charge in [0.05, 0.1) is 11.5 Å². The predicted molar refractivity (Wildman–Crippen MR) is 102 cm³/mol. The SMILES string of the molecule is CCc1ccc(-c2nc(C(=O)OCC(=O)N[C@H]3CCS(=O)(=O)C3)cs2)cc1. The van der Waals surface area contributed by atoms with Gasteiger partial charge in [-0.15, -0.1) is 11.3 Å². The summed E-state index contributed by atoms with van der Waals surface area (Å²) in [7, 11) is -3.07. The fraction of sp³-hybridized carbons (Fsp3) is 0.389. The van der Waals surface area contributed by atoms with Gasteiger partial charge in [-0.05, 0) is 18.4 Å². The molecule has 0 saturated carbocycles. The lowest BCUT2D eigenvalue weighted by molar-refractivity contribution is -0.124. The zero-order chi connectivity index (χ0) is 19.4. The van der Waals surface area contributed by atoms with E-state index >= 15 is 0 Å². The number of aryl methyl sites for hydroxylation is 1. The predicted octanol–water partition coefficient (Wildman–Crippen LogP) is 1.83. The van der Waals surface area contributed by atoms with E-state index in [1.165, 1.54) is 16.9 Å². The lowest BCUT2D eigenvalue weighted by Gasteiger charge is -2.10. The summed E-state index contributed by atoms with van der Waals surface area (Å²) >= 11 is 1.33. The van der Waals surface area contributed by atoms with E-state index in [1.807, 2.05) is 24.3 Å². The topological polar surface area (TPSA) is 102 Å². The third-order valence-electron chi connectivity index (χ3n) is 4.25. The van der Waals surface area contributed by atoms with Gasteiger partial charge in [0.15, 0.2) is 22.1 Å². The Bertz CT molecular complexity index is 935. The number of thiazole rings is 1. The molecular formula is C18H20N2O5S2. The number of ether oxygens (including phenoxy) is 1. The molecule has 1 saturated heterocycles. The van der Waals surface area contributed by atoms with Crippen LogP contribution in [0.3, 0.4) is 0 Å². The highest BCUT2D eigenvalue weighted by Crippen LogP contribution is 2.24. The summed E-state index contributed by atoms with van der Waals surface area (Å²) in [5.74, 6) is -1.20. The second-order valence-electron chi connectivity index (χ2n) is 6.33. The monoisotopic (exact) mass is 408 g/mol. The number of nitrogens with one attached hydrogen (secondary N) is 1. The number of hydrogen-bond acceptors (Lipinski definition) is 7. The molecule has 1 N–H and O–H groups in total. The zero-order valence-corrected chi connectivity index (χ0v) is 16.4. The second-order valence-corrected chi connectivity index (χ2v) is 9.42.